The molecule has 0 bridgehead atoms. The summed E-state index contributed by atoms with van der Waals surface area (Å²) in [5.41, 5.74) is 0. The van der Waals surface area contributed by atoms with E-state index in [0.717, 1.165) is 12.8 Å². The Balaban J connectivity index is 0.000000810. The van der Waals surface area contributed by atoms with Crippen molar-refractivity contribution >= 4 is 12.4 Å². The topological polar surface area (TPSA) is 23.5 Å². The van der Waals surface area contributed by atoms with Crippen molar-refractivity contribution in [2.24, 2.45) is 0 Å². The van der Waals surface area contributed by atoms with Gasteiger partial charge in [0, 0.05) is 6.04 Å². The summed E-state index contributed by atoms with van der Waals surface area (Å²) >= 11 is 0. The molecule has 0 heterocycles. The second-order valence-corrected chi connectivity index (χ2v) is 3.03. The van der Waals surface area contributed by atoms with Crippen molar-refractivity contribution in [1.82, 2.24) is 4.90 Å². The molecule has 62 valence electrons. The second-order valence-electron chi connectivity index (χ2n) is 3.03. The van der Waals surface area contributed by atoms with E-state index in [-0.39, 0.29) is 18.5 Å². The van der Waals surface area contributed by atoms with E-state index in [1.807, 2.05) is 14.1 Å². The van der Waals surface area contributed by atoms with E-state index in [9.17, 15) is 5.11 Å². The molecule has 0 saturated heterocycles. The molecule has 0 spiro atoms. The van der Waals surface area contributed by atoms with Crippen molar-refractivity contribution in [2.45, 2.75) is 31.4 Å². The zero-order chi connectivity index (χ0) is 6.85. The highest BCUT2D eigenvalue weighted by atomic mass is 35.5. The number of likely N-dealkylation sites (N-methyl/N-ethyl adjacent to an activating group) is 1. The predicted octanol–water partition coefficient (Wildman–Crippen LogP) is 0.883. The number of aliphatic hydroxyl groups is 1. The molecule has 1 aliphatic rings. The summed E-state index contributed by atoms with van der Waals surface area (Å²) in [6, 6.07) is 0.421. The normalized spacial score (nSPS) is 32.4. The molecule has 0 unspecified atom stereocenters. The quantitative estimate of drug-likeness (QED) is 0.624. The Hall–Kier alpha value is 0.210. The Morgan fingerprint density at radius 1 is 1.30 bits per heavy atom. The molecule has 2 nitrogen and oxygen atoms in total. The Kier molecular flexibility index (Phi) is 4.25. The van der Waals surface area contributed by atoms with Gasteiger partial charge in [0.1, 0.15) is 0 Å². The third-order valence-corrected chi connectivity index (χ3v) is 2.11. The van der Waals surface area contributed by atoms with Crippen molar-refractivity contribution in [2.75, 3.05) is 14.1 Å². The summed E-state index contributed by atoms with van der Waals surface area (Å²) in [6.07, 6.45) is 3.26. The van der Waals surface area contributed by atoms with Crippen molar-refractivity contribution in [3.8, 4) is 0 Å². The highest BCUT2D eigenvalue weighted by Crippen LogP contribution is 2.21. The van der Waals surface area contributed by atoms with Crippen LogP contribution in [-0.2, 0) is 0 Å². The van der Waals surface area contributed by atoms with Crippen molar-refractivity contribution in [3.05, 3.63) is 0 Å². The number of nitrogens with zero attached hydrogens (tertiary/aromatic N) is 1. The van der Waals surface area contributed by atoms with Crippen LogP contribution in [0, 0.1) is 0 Å². The molecular formula is C7H16ClNO. The van der Waals surface area contributed by atoms with Gasteiger partial charge in [-0.3, -0.25) is 0 Å². The van der Waals surface area contributed by atoms with E-state index in [1.165, 1.54) is 6.42 Å². The molecule has 1 saturated carbocycles. The number of hydrogen-bond acceptors (Lipinski definition) is 2. The molecule has 0 aromatic rings. The molecular weight excluding hydrogens is 150 g/mol. The molecule has 0 aromatic carbocycles. The molecule has 0 radical (unpaired) electrons. The summed E-state index contributed by atoms with van der Waals surface area (Å²) in [5.74, 6) is 0. The Morgan fingerprint density at radius 2 is 1.90 bits per heavy atom. The molecule has 10 heavy (non-hydrogen) atoms. The van der Waals surface area contributed by atoms with Gasteiger partial charge in [0.2, 0.25) is 0 Å². The Labute approximate surface area is 68.6 Å². The monoisotopic (exact) mass is 165 g/mol. The van der Waals surface area contributed by atoms with E-state index in [2.05, 4.69) is 4.90 Å². The fraction of sp³-hybridized carbons (Fsp3) is 1.00. The molecule has 1 N–H and O–H groups in total. The zero-order valence-corrected chi connectivity index (χ0v) is 7.40. The summed E-state index contributed by atoms with van der Waals surface area (Å²) in [6.45, 7) is 0. The van der Waals surface area contributed by atoms with Gasteiger partial charge in [-0.1, -0.05) is 0 Å². The number of hydrogen-bond donors (Lipinski definition) is 1. The molecule has 0 amide bonds. The van der Waals surface area contributed by atoms with Gasteiger partial charge in [0.25, 0.3) is 0 Å². The van der Waals surface area contributed by atoms with Crippen molar-refractivity contribution in [1.29, 1.82) is 0 Å². The third-order valence-electron chi connectivity index (χ3n) is 2.11. The smallest absolute Gasteiger partial charge is 0.0695 e. The Bertz CT molecular complexity index is 97.6. The summed E-state index contributed by atoms with van der Waals surface area (Å²) in [4.78, 5) is 2.11. The van der Waals surface area contributed by atoms with Crippen LogP contribution in [0.15, 0.2) is 0 Å². The van der Waals surface area contributed by atoms with Crippen molar-refractivity contribution < 1.29 is 5.11 Å². The molecule has 3 heteroatoms. The van der Waals surface area contributed by atoms with Crippen LogP contribution in [0.5, 0.6) is 0 Å². The van der Waals surface area contributed by atoms with Crippen LogP contribution >= 0.6 is 12.4 Å². The van der Waals surface area contributed by atoms with Gasteiger partial charge >= 0.3 is 0 Å². The van der Waals surface area contributed by atoms with Gasteiger partial charge in [-0.15, -0.1) is 12.4 Å². The van der Waals surface area contributed by atoms with Gasteiger partial charge < -0.3 is 10.0 Å². The van der Waals surface area contributed by atoms with Crippen LogP contribution in [0.3, 0.4) is 0 Å². The van der Waals surface area contributed by atoms with Crippen molar-refractivity contribution in [3.63, 3.8) is 0 Å². The van der Waals surface area contributed by atoms with Crippen LogP contribution in [-0.4, -0.2) is 36.2 Å². The number of aliphatic hydroxyl groups excluding tert-OH is 1. The summed E-state index contributed by atoms with van der Waals surface area (Å²) < 4.78 is 0. The standard InChI is InChI=1S/C7H15NO.ClH/c1-8(2)6-4-3-5-7(6)9;/h6-7,9H,3-5H2,1-2H3;1H/t6-,7-;/m1./s1. The lowest BCUT2D eigenvalue weighted by Gasteiger charge is -2.21. The largest absolute Gasteiger partial charge is 0.391 e. The fourth-order valence-corrected chi connectivity index (χ4v) is 1.52. The lowest BCUT2D eigenvalue weighted by molar-refractivity contribution is 0.100. The average molecular weight is 166 g/mol. The van der Waals surface area contributed by atoms with E-state index in [0.29, 0.717) is 6.04 Å². The first-order chi connectivity index (χ1) is 4.22. The molecule has 1 aliphatic carbocycles. The zero-order valence-electron chi connectivity index (χ0n) is 6.58. The van der Waals surface area contributed by atoms with Crippen LogP contribution in [0.4, 0.5) is 0 Å². The highest BCUT2D eigenvalue weighted by Gasteiger charge is 2.26. The molecule has 0 aliphatic heterocycles. The van der Waals surface area contributed by atoms with Gasteiger partial charge in [-0.2, -0.15) is 0 Å². The maximum Gasteiger partial charge on any atom is 0.0695 e. The molecule has 2 atom stereocenters. The highest BCUT2D eigenvalue weighted by molar-refractivity contribution is 5.85. The van der Waals surface area contributed by atoms with E-state index in [4.69, 9.17) is 0 Å². The first-order valence-electron chi connectivity index (χ1n) is 3.56. The van der Waals surface area contributed by atoms with Gasteiger partial charge in [0.05, 0.1) is 6.10 Å². The molecule has 1 rings (SSSR count). The SMILES string of the molecule is CN(C)[C@@H]1CCC[C@H]1O.Cl. The maximum atomic E-state index is 9.32. The first-order valence-corrected chi connectivity index (χ1v) is 3.56. The average Bonchev–Trinajstić information content (AvgIpc) is 2.13. The fourth-order valence-electron chi connectivity index (χ4n) is 1.52. The summed E-state index contributed by atoms with van der Waals surface area (Å²) in [5, 5.41) is 9.32. The number of halogens is 1. The van der Waals surface area contributed by atoms with Gasteiger partial charge in [-0.05, 0) is 33.4 Å². The van der Waals surface area contributed by atoms with Crippen LogP contribution in [0.1, 0.15) is 19.3 Å². The van der Waals surface area contributed by atoms with Crippen LogP contribution < -0.4 is 0 Å². The van der Waals surface area contributed by atoms with E-state index in [1.54, 1.807) is 0 Å². The lowest BCUT2D eigenvalue weighted by atomic mass is 10.2. The lowest BCUT2D eigenvalue weighted by Crippen LogP contribution is -2.34. The van der Waals surface area contributed by atoms with Crippen LogP contribution in [0.2, 0.25) is 0 Å². The maximum absolute atomic E-state index is 9.32. The number of rotatable bonds is 1. The molecule has 1 fully saturated rings. The minimum atomic E-state index is -0.0694. The van der Waals surface area contributed by atoms with E-state index >= 15 is 0 Å². The Morgan fingerprint density at radius 3 is 2.10 bits per heavy atom. The second kappa shape index (κ2) is 4.16. The third kappa shape index (κ3) is 2.11. The minimum absolute atomic E-state index is 0. The summed E-state index contributed by atoms with van der Waals surface area (Å²) in [7, 11) is 4.05. The van der Waals surface area contributed by atoms with Gasteiger partial charge in [-0.25, -0.2) is 0 Å². The molecule has 0 aromatic heterocycles. The van der Waals surface area contributed by atoms with Gasteiger partial charge in [0.15, 0.2) is 0 Å². The predicted molar refractivity (Wildman–Crippen MR) is 44.6 cm³/mol. The van der Waals surface area contributed by atoms with Crippen LogP contribution in [0.25, 0.3) is 0 Å². The first kappa shape index (κ1) is 10.2. The minimum Gasteiger partial charge on any atom is -0.391 e. The van der Waals surface area contributed by atoms with E-state index < -0.39 is 0 Å².